The van der Waals surface area contributed by atoms with E-state index in [1.54, 1.807) is 0 Å². The van der Waals surface area contributed by atoms with Crippen LogP contribution in [0.15, 0.2) is 0 Å². The maximum atomic E-state index is 11.8. The van der Waals surface area contributed by atoms with E-state index < -0.39 is 10.0 Å². The van der Waals surface area contributed by atoms with Gasteiger partial charge in [0, 0.05) is 19.2 Å². The summed E-state index contributed by atoms with van der Waals surface area (Å²) in [5.74, 6) is 0.562. The maximum absolute atomic E-state index is 11.8. The van der Waals surface area contributed by atoms with E-state index in [0.717, 1.165) is 32.4 Å². The average Bonchev–Trinajstić information content (AvgIpc) is 2.37. The van der Waals surface area contributed by atoms with Gasteiger partial charge in [0.2, 0.25) is 10.0 Å². The topological polar surface area (TPSA) is 67.4 Å². The highest BCUT2D eigenvalue weighted by Crippen LogP contribution is 2.12. The number of hydrogen-bond acceptors (Lipinski definition) is 4. The van der Waals surface area contributed by atoms with Gasteiger partial charge in [-0.3, -0.25) is 0 Å². The zero-order chi connectivity index (χ0) is 14.1. The first-order valence-electron chi connectivity index (χ1n) is 7.28. The summed E-state index contributed by atoms with van der Waals surface area (Å²) < 4.78 is 31.6. The molecule has 0 aromatic carbocycles. The Balaban J connectivity index is 2.09. The fourth-order valence-electron chi connectivity index (χ4n) is 2.09. The van der Waals surface area contributed by atoms with Gasteiger partial charge in [-0.15, -0.1) is 0 Å². The standard InChI is InChI=1S/C13H28N2O3S/c1-12(2)14-7-3-4-9-19(16,17)15-10-13-6-5-8-18-11-13/h12-15H,3-11H2,1-2H3. The predicted molar refractivity (Wildman–Crippen MR) is 77.7 cm³/mol. The third-order valence-corrected chi connectivity index (χ3v) is 4.67. The molecule has 2 N–H and O–H groups in total. The molecule has 5 nitrogen and oxygen atoms in total. The SMILES string of the molecule is CC(C)NCCCCS(=O)(=O)NCC1CCCOC1. The number of unbranched alkanes of at least 4 members (excludes halogenated alkanes) is 1. The molecular weight excluding hydrogens is 264 g/mol. The maximum Gasteiger partial charge on any atom is 0.211 e. The minimum atomic E-state index is -3.12. The van der Waals surface area contributed by atoms with Crippen LogP contribution in [0.25, 0.3) is 0 Å². The Hall–Kier alpha value is -0.170. The lowest BCUT2D eigenvalue weighted by Gasteiger charge is -2.22. The second kappa shape index (κ2) is 8.89. The molecule has 114 valence electrons. The largest absolute Gasteiger partial charge is 0.381 e. The highest BCUT2D eigenvalue weighted by molar-refractivity contribution is 7.89. The zero-order valence-corrected chi connectivity index (χ0v) is 13.0. The third-order valence-electron chi connectivity index (χ3n) is 3.24. The van der Waals surface area contributed by atoms with Crippen molar-refractivity contribution in [2.24, 2.45) is 5.92 Å². The van der Waals surface area contributed by atoms with Crippen LogP contribution >= 0.6 is 0 Å². The number of rotatable bonds is 9. The summed E-state index contributed by atoms with van der Waals surface area (Å²) in [5, 5.41) is 3.28. The van der Waals surface area contributed by atoms with Crippen LogP contribution in [0.1, 0.15) is 39.5 Å². The Morgan fingerprint density at radius 1 is 1.32 bits per heavy atom. The molecule has 1 saturated heterocycles. The lowest BCUT2D eigenvalue weighted by molar-refractivity contribution is 0.0568. The minimum Gasteiger partial charge on any atom is -0.381 e. The number of sulfonamides is 1. The fraction of sp³-hybridized carbons (Fsp3) is 1.00. The van der Waals surface area contributed by atoms with Gasteiger partial charge < -0.3 is 10.1 Å². The van der Waals surface area contributed by atoms with Crippen LogP contribution in [0.5, 0.6) is 0 Å². The Bertz CT molecular complexity index is 325. The summed E-state index contributed by atoms with van der Waals surface area (Å²) in [7, 11) is -3.12. The van der Waals surface area contributed by atoms with Gasteiger partial charge in [-0.25, -0.2) is 13.1 Å². The molecule has 1 atom stereocenters. The van der Waals surface area contributed by atoms with Crippen molar-refractivity contribution in [3.63, 3.8) is 0 Å². The van der Waals surface area contributed by atoms with Crippen molar-refractivity contribution < 1.29 is 13.2 Å². The molecule has 0 aliphatic carbocycles. The fourth-order valence-corrected chi connectivity index (χ4v) is 3.31. The van der Waals surface area contributed by atoms with Crippen LogP contribution in [0.3, 0.4) is 0 Å². The van der Waals surface area contributed by atoms with Crippen molar-refractivity contribution in [1.29, 1.82) is 0 Å². The number of ether oxygens (including phenoxy) is 1. The van der Waals surface area contributed by atoms with E-state index in [9.17, 15) is 8.42 Å². The first kappa shape index (κ1) is 16.9. The van der Waals surface area contributed by atoms with Crippen LogP contribution in [-0.4, -0.2) is 46.5 Å². The lowest BCUT2D eigenvalue weighted by atomic mass is 10.0. The molecule has 0 spiro atoms. The molecule has 0 saturated carbocycles. The molecule has 6 heteroatoms. The number of hydrogen-bond donors (Lipinski definition) is 2. The van der Waals surface area contributed by atoms with Gasteiger partial charge >= 0.3 is 0 Å². The Labute approximate surface area is 117 Å². The molecule has 19 heavy (non-hydrogen) atoms. The lowest BCUT2D eigenvalue weighted by Crippen LogP contribution is -2.34. The summed E-state index contributed by atoms with van der Waals surface area (Å²) in [6.45, 7) is 7.07. The monoisotopic (exact) mass is 292 g/mol. The molecule has 1 rings (SSSR count). The second-order valence-electron chi connectivity index (χ2n) is 5.57. The van der Waals surface area contributed by atoms with E-state index in [1.807, 2.05) is 0 Å². The van der Waals surface area contributed by atoms with Crippen LogP contribution in [0.2, 0.25) is 0 Å². The quantitative estimate of drug-likeness (QED) is 0.625. The summed E-state index contributed by atoms with van der Waals surface area (Å²) in [4.78, 5) is 0. The number of nitrogens with one attached hydrogen (secondary N) is 2. The van der Waals surface area contributed by atoms with Gasteiger partial charge in [-0.2, -0.15) is 0 Å². The van der Waals surface area contributed by atoms with Gasteiger partial charge in [0.15, 0.2) is 0 Å². The summed E-state index contributed by atoms with van der Waals surface area (Å²) in [5.41, 5.74) is 0. The first-order chi connectivity index (χ1) is 8.99. The Morgan fingerprint density at radius 2 is 2.11 bits per heavy atom. The van der Waals surface area contributed by atoms with E-state index in [0.29, 0.717) is 31.5 Å². The molecular formula is C13H28N2O3S. The average molecular weight is 292 g/mol. The van der Waals surface area contributed by atoms with Crippen molar-refractivity contribution in [1.82, 2.24) is 10.0 Å². The molecule has 0 bridgehead atoms. The van der Waals surface area contributed by atoms with Crippen molar-refractivity contribution in [3.8, 4) is 0 Å². The predicted octanol–water partition coefficient (Wildman–Crippen LogP) is 1.11. The Kier molecular flexibility index (Phi) is 7.90. The zero-order valence-electron chi connectivity index (χ0n) is 12.2. The van der Waals surface area contributed by atoms with E-state index in [-0.39, 0.29) is 5.75 Å². The Morgan fingerprint density at radius 3 is 2.74 bits per heavy atom. The molecule has 0 aromatic rings. The molecule has 0 aromatic heterocycles. The third kappa shape index (κ3) is 8.57. The summed E-state index contributed by atoms with van der Waals surface area (Å²) in [6, 6.07) is 0.459. The molecule has 0 amide bonds. The molecule has 1 fully saturated rings. The van der Waals surface area contributed by atoms with Crippen molar-refractivity contribution >= 4 is 10.0 Å². The summed E-state index contributed by atoms with van der Waals surface area (Å²) >= 11 is 0. The van der Waals surface area contributed by atoms with Crippen molar-refractivity contribution in [3.05, 3.63) is 0 Å². The van der Waals surface area contributed by atoms with E-state index in [4.69, 9.17) is 4.74 Å². The van der Waals surface area contributed by atoms with Gasteiger partial charge in [-0.05, 0) is 38.1 Å². The van der Waals surface area contributed by atoms with Crippen LogP contribution < -0.4 is 10.0 Å². The van der Waals surface area contributed by atoms with Crippen molar-refractivity contribution in [2.75, 3.05) is 32.1 Å². The first-order valence-corrected chi connectivity index (χ1v) is 8.93. The van der Waals surface area contributed by atoms with Crippen molar-refractivity contribution in [2.45, 2.75) is 45.6 Å². The molecule has 1 aliphatic rings. The summed E-state index contributed by atoms with van der Waals surface area (Å²) in [6.07, 6.45) is 3.69. The molecule has 1 heterocycles. The molecule has 1 aliphatic heterocycles. The van der Waals surface area contributed by atoms with Gasteiger partial charge in [0.1, 0.15) is 0 Å². The van der Waals surface area contributed by atoms with E-state index in [2.05, 4.69) is 23.9 Å². The highest BCUT2D eigenvalue weighted by Gasteiger charge is 2.17. The normalized spacial score (nSPS) is 20.9. The van der Waals surface area contributed by atoms with Gasteiger partial charge in [-0.1, -0.05) is 13.8 Å². The van der Waals surface area contributed by atoms with E-state index >= 15 is 0 Å². The second-order valence-corrected chi connectivity index (χ2v) is 7.49. The minimum absolute atomic E-state index is 0.223. The van der Waals surface area contributed by atoms with Crippen LogP contribution in [-0.2, 0) is 14.8 Å². The highest BCUT2D eigenvalue weighted by atomic mass is 32.2. The molecule has 0 radical (unpaired) electrons. The smallest absolute Gasteiger partial charge is 0.211 e. The van der Waals surface area contributed by atoms with Crippen LogP contribution in [0.4, 0.5) is 0 Å². The van der Waals surface area contributed by atoms with E-state index in [1.165, 1.54) is 0 Å². The molecule has 1 unspecified atom stereocenters. The van der Waals surface area contributed by atoms with Crippen LogP contribution in [0, 0.1) is 5.92 Å². The van der Waals surface area contributed by atoms with Gasteiger partial charge in [0.25, 0.3) is 0 Å². The van der Waals surface area contributed by atoms with Gasteiger partial charge in [0.05, 0.1) is 12.4 Å².